The van der Waals surface area contributed by atoms with Gasteiger partial charge in [0.1, 0.15) is 0 Å². The molecule has 0 saturated heterocycles. The zero-order valence-electron chi connectivity index (χ0n) is 12.0. The van der Waals surface area contributed by atoms with Gasteiger partial charge in [-0.15, -0.1) is 0 Å². The van der Waals surface area contributed by atoms with Crippen LogP contribution in [0.3, 0.4) is 0 Å². The molecule has 1 rings (SSSR count). The van der Waals surface area contributed by atoms with Crippen LogP contribution in [0.15, 0.2) is 12.1 Å². The molecule has 0 atom stereocenters. The second-order valence-corrected chi connectivity index (χ2v) is 5.15. The summed E-state index contributed by atoms with van der Waals surface area (Å²) in [5.41, 5.74) is -0.987. The van der Waals surface area contributed by atoms with Crippen molar-refractivity contribution in [3.05, 3.63) is 29.3 Å². The van der Waals surface area contributed by atoms with Crippen LogP contribution in [-0.2, 0) is 4.79 Å². The number of carboxylic acids is 1. The summed E-state index contributed by atoms with van der Waals surface area (Å²) in [4.78, 5) is 22.2. The lowest BCUT2D eigenvalue weighted by Crippen LogP contribution is -2.45. The van der Waals surface area contributed by atoms with Crippen LogP contribution in [0.1, 0.15) is 37.6 Å². The number of rotatable bonds is 6. The van der Waals surface area contributed by atoms with Crippen molar-refractivity contribution in [1.29, 1.82) is 0 Å². The third-order valence-corrected chi connectivity index (χ3v) is 2.95. The minimum absolute atomic E-state index is 0.454. The summed E-state index contributed by atoms with van der Waals surface area (Å²) in [6.45, 7) is 4.91. The van der Waals surface area contributed by atoms with E-state index in [1.807, 2.05) is 6.92 Å². The molecule has 0 heterocycles. The molecule has 0 radical (unpaired) electrons. The van der Waals surface area contributed by atoms with Gasteiger partial charge in [0.2, 0.25) is 0 Å². The average Bonchev–Trinajstić information content (AvgIpc) is 2.36. The van der Waals surface area contributed by atoms with Crippen LogP contribution in [-0.4, -0.2) is 29.1 Å². The molecule has 21 heavy (non-hydrogen) atoms. The van der Waals surface area contributed by atoms with Crippen molar-refractivity contribution in [2.24, 2.45) is 0 Å². The van der Waals surface area contributed by atoms with Gasteiger partial charge in [-0.1, -0.05) is 6.92 Å². The predicted molar refractivity (Wildman–Crippen MR) is 71.3 cm³/mol. The van der Waals surface area contributed by atoms with Gasteiger partial charge in [0.15, 0.2) is 24.0 Å². The maximum Gasteiger partial charge on any atom is 0.335 e. The molecular formula is C14H17F2NO4. The Bertz CT molecular complexity index is 535. The number of hydrogen-bond acceptors (Lipinski definition) is 3. The lowest BCUT2D eigenvalue weighted by atomic mass is 10.0. The number of amides is 1. The molecule has 1 aromatic carbocycles. The fraction of sp³-hybridized carbons (Fsp3) is 0.429. The molecule has 0 unspecified atom stereocenters. The van der Waals surface area contributed by atoms with Gasteiger partial charge < -0.3 is 15.2 Å². The Morgan fingerprint density at radius 2 is 1.81 bits per heavy atom. The fourth-order valence-electron chi connectivity index (χ4n) is 1.46. The summed E-state index contributed by atoms with van der Waals surface area (Å²) in [7, 11) is 0. The Morgan fingerprint density at radius 1 is 1.29 bits per heavy atom. The highest BCUT2D eigenvalue weighted by atomic mass is 19.1. The standard InChI is InChI=1S/C14H17F2NO4/c1-4-14(2,3)17-11(18)7-21-12-9(15)5-8(13(19)20)6-10(12)16/h5-6H,4,7H2,1-3H3,(H,17,18)(H,19,20). The maximum atomic E-state index is 13.6. The van der Waals surface area contributed by atoms with Crippen molar-refractivity contribution in [2.45, 2.75) is 32.7 Å². The second kappa shape index (κ2) is 6.51. The third kappa shape index (κ3) is 4.70. The van der Waals surface area contributed by atoms with E-state index >= 15 is 0 Å². The van der Waals surface area contributed by atoms with Crippen LogP contribution in [0.4, 0.5) is 8.78 Å². The zero-order chi connectivity index (χ0) is 16.2. The molecule has 0 saturated carbocycles. The summed E-state index contributed by atoms with van der Waals surface area (Å²) in [5, 5.41) is 11.3. The molecule has 5 nitrogen and oxygen atoms in total. The monoisotopic (exact) mass is 301 g/mol. The Kier molecular flexibility index (Phi) is 5.23. The first kappa shape index (κ1) is 16.9. The van der Waals surface area contributed by atoms with E-state index in [0.717, 1.165) is 0 Å². The van der Waals surface area contributed by atoms with Crippen LogP contribution in [0.2, 0.25) is 0 Å². The number of carbonyl (C=O) groups excluding carboxylic acids is 1. The van der Waals surface area contributed by atoms with Crippen molar-refractivity contribution in [2.75, 3.05) is 6.61 Å². The van der Waals surface area contributed by atoms with Crippen molar-refractivity contribution in [3.8, 4) is 5.75 Å². The Labute approximate surface area is 120 Å². The van der Waals surface area contributed by atoms with Crippen LogP contribution in [0, 0.1) is 11.6 Å². The van der Waals surface area contributed by atoms with Crippen molar-refractivity contribution in [1.82, 2.24) is 5.32 Å². The number of nitrogens with one attached hydrogen (secondary N) is 1. The molecule has 0 aromatic heterocycles. The van der Waals surface area contributed by atoms with E-state index in [-0.39, 0.29) is 0 Å². The lowest BCUT2D eigenvalue weighted by molar-refractivity contribution is -0.124. The summed E-state index contributed by atoms with van der Waals surface area (Å²) in [6, 6.07) is 1.27. The summed E-state index contributed by atoms with van der Waals surface area (Å²) in [5.74, 6) is -5.10. The van der Waals surface area contributed by atoms with E-state index in [1.54, 1.807) is 13.8 Å². The topological polar surface area (TPSA) is 75.6 Å². The number of halogens is 2. The van der Waals surface area contributed by atoms with E-state index < -0.39 is 47.0 Å². The van der Waals surface area contributed by atoms with Crippen LogP contribution < -0.4 is 10.1 Å². The molecule has 0 spiro atoms. The first-order valence-corrected chi connectivity index (χ1v) is 6.32. The number of carboxylic acid groups (broad SMARTS) is 1. The predicted octanol–water partition coefficient (Wildman–Crippen LogP) is 2.35. The van der Waals surface area contributed by atoms with Crippen LogP contribution in [0.5, 0.6) is 5.75 Å². The highest BCUT2D eigenvalue weighted by Crippen LogP contribution is 2.23. The highest BCUT2D eigenvalue weighted by molar-refractivity contribution is 5.87. The Morgan fingerprint density at radius 3 is 2.24 bits per heavy atom. The molecular weight excluding hydrogens is 284 g/mol. The van der Waals surface area contributed by atoms with E-state index in [9.17, 15) is 18.4 Å². The Balaban J connectivity index is 2.76. The van der Waals surface area contributed by atoms with E-state index in [1.165, 1.54) is 0 Å². The van der Waals surface area contributed by atoms with E-state index in [2.05, 4.69) is 5.32 Å². The van der Waals surface area contributed by atoms with Gasteiger partial charge in [0.05, 0.1) is 5.56 Å². The first-order chi connectivity index (χ1) is 9.66. The molecule has 1 amide bonds. The smallest absolute Gasteiger partial charge is 0.335 e. The van der Waals surface area contributed by atoms with Crippen molar-refractivity contribution >= 4 is 11.9 Å². The molecule has 0 aliphatic heterocycles. The zero-order valence-corrected chi connectivity index (χ0v) is 12.0. The second-order valence-electron chi connectivity index (χ2n) is 5.15. The third-order valence-electron chi connectivity index (χ3n) is 2.95. The minimum atomic E-state index is -1.46. The largest absolute Gasteiger partial charge is 0.478 e. The van der Waals surface area contributed by atoms with Gasteiger partial charge in [-0.25, -0.2) is 13.6 Å². The summed E-state index contributed by atoms with van der Waals surface area (Å²) in [6.07, 6.45) is 0.675. The molecule has 0 bridgehead atoms. The molecule has 0 aliphatic rings. The molecule has 7 heteroatoms. The quantitative estimate of drug-likeness (QED) is 0.845. The molecule has 2 N–H and O–H groups in total. The van der Waals surface area contributed by atoms with Gasteiger partial charge in [-0.2, -0.15) is 0 Å². The highest BCUT2D eigenvalue weighted by Gasteiger charge is 2.20. The number of aromatic carboxylic acids is 1. The Hall–Kier alpha value is -2.18. The number of benzene rings is 1. The first-order valence-electron chi connectivity index (χ1n) is 6.32. The number of carbonyl (C=O) groups is 2. The maximum absolute atomic E-state index is 13.6. The summed E-state index contributed by atoms with van der Waals surface area (Å²) >= 11 is 0. The van der Waals surface area contributed by atoms with Crippen LogP contribution in [0.25, 0.3) is 0 Å². The summed E-state index contributed by atoms with van der Waals surface area (Å²) < 4.78 is 31.9. The molecule has 0 aliphatic carbocycles. The fourth-order valence-corrected chi connectivity index (χ4v) is 1.46. The van der Waals surface area contributed by atoms with Gasteiger partial charge in [0.25, 0.3) is 5.91 Å². The van der Waals surface area contributed by atoms with E-state index in [4.69, 9.17) is 9.84 Å². The van der Waals surface area contributed by atoms with Gasteiger partial charge >= 0.3 is 5.97 Å². The van der Waals surface area contributed by atoms with Gasteiger partial charge in [0, 0.05) is 5.54 Å². The normalized spacial score (nSPS) is 11.1. The van der Waals surface area contributed by atoms with Gasteiger partial charge in [-0.05, 0) is 32.4 Å². The average molecular weight is 301 g/mol. The SMILES string of the molecule is CCC(C)(C)NC(=O)COc1c(F)cc(C(=O)O)cc1F. The van der Waals surface area contributed by atoms with Gasteiger partial charge in [-0.3, -0.25) is 4.79 Å². The lowest BCUT2D eigenvalue weighted by Gasteiger charge is -2.24. The number of hydrogen-bond donors (Lipinski definition) is 2. The molecule has 1 aromatic rings. The van der Waals surface area contributed by atoms with Crippen molar-refractivity contribution in [3.63, 3.8) is 0 Å². The van der Waals surface area contributed by atoms with Crippen molar-refractivity contribution < 1.29 is 28.2 Å². The van der Waals surface area contributed by atoms with E-state index in [0.29, 0.717) is 18.6 Å². The van der Waals surface area contributed by atoms with Crippen LogP contribution >= 0.6 is 0 Å². The molecule has 116 valence electrons. The minimum Gasteiger partial charge on any atom is -0.478 e. The number of ether oxygens (including phenoxy) is 1. The molecule has 0 fully saturated rings.